The normalized spacial score (nSPS) is 23.7. The Balaban J connectivity index is 1.85. The largest absolute Gasteiger partial charge is 0.375 e. The summed E-state index contributed by atoms with van der Waals surface area (Å²) in [5.41, 5.74) is 1.26. The van der Waals surface area contributed by atoms with Crippen LogP contribution in [0.25, 0.3) is 0 Å². The molecule has 0 unspecified atom stereocenters. The zero-order valence-electron chi connectivity index (χ0n) is 12.9. The molecule has 1 N–H and O–H groups in total. The third kappa shape index (κ3) is 2.57. The summed E-state index contributed by atoms with van der Waals surface area (Å²) >= 11 is 6.28. The molecule has 1 aliphatic heterocycles. The van der Waals surface area contributed by atoms with Gasteiger partial charge < -0.3 is 5.32 Å². The van der Waals surface area contributed by atoms with Gasteiger partial charge in [-0.05, 0) is 30.0 Å². The number of allylic oxidation sites excluding steroid dienone is 2. The first-order chi connectivity index (χ1) is 12.0. The lowest BCUT2D eigenvalue weighted by Gasteiger charge is -2.37. The van der Waals surface area contributed by atoms with Crippen LogP contribution in [0.1, 0.15) is 29.5 Å². The minimum Gasteiger partial charge on any atom is -0.375 e. The van der Waals surface area contributed by atoms with E-state index >= 15 is 0 Å². The average molecular weight is 363 g/mol. The maximum Gasteiger partial charge on any atom is 0.269 e. The first-order valence-corrected chi connectivity index (χ1v) is 8.19. The Kier molecular flexibility index (Phi) is 3.72. The highest BCUT2D eigenvalue weighted by atomic mass is 35.5. The highest BCUT2D eigenvalue weighted by Crippen LogP contribution is 2.51. The first-order valence-electron chi connectivity index (χ1n) is 7.81. The molecule has 0 amide bonds. The SMILES string of the molecule is O=[N+]([O-])c1ccc(Cl)c([C@@H]2Nc3c(F)cc(F)cc3[C@@H]3C=CC[C@H]32)c1. The molecule has 4 rings (SSSR count). The molecule has 4 nitrogen and oxygen atoms in total. The molecule has 0 bridgehead atoms. The number of hydrogen-bond acceptors (Lipinski definition) is 3. The number of nitro groups is 1. The van der Waals surface area contributed by atoms with Gasteiger partial charge in [0.2, 0.25) is 0 Å². The molecule has 2 aliphatic rings. The van der Waals surface area contributed by atoms with Gasteiger partial charge in [-0.15, -0.1) is 0 Å². The van der Waals surface area contributed by atoms with Crippen LogP contribution in [0.15, 0.2) is 42.5 Å². The second kappa shape index (κ2) is 5.81. The van der Waals surface area contributed by atoms with Gasteiger partial charge in [0.15, 0.2) is 0 Å². The average Bonchev–Trinajstić information content (AvgIpc) is 3.05. The van der Waals surface area contributed by atoms with Crippen LogP contribution in [0.4, 0.5) is 20.2 Å². The minimum atomic E-state index is -0.680. The number of nitrogens with one attached hydrogen (secondary N) is 1. The summed E-state index contributed by atoms with van der Waals surface area (Å²) in [5.74, 6) is -1.49. The third-order valence-electron chi connectivity index (χ3n) is 4.91. The van der Waals surface area contributed by atoms with Crippen molar-refractivity contribution in [3.8, 4) is 0 Å². The minimum absolute atomic E-state index is 0.0202. The molecule has 2 aromatic rings. The van der Waals surface area contributed by atoms with E-state index in [2.05, 4.69) is 5.32 Å². The molecule has 128 valence electrons. The number of nitro benzene ring substituents is 1. The van der Waals surface area contributed by atoms with Crippen molar-refractivity contribution >= 4 is 23.0 Å². The lowest BCUT2D eigenvalue weighted by atomic mass is 9.77. The van der Waals surface area contributed by atoms with Crippen LogP contribution in [-0.2, 0) is 0 Å². The first kappa shape index (κ1) is 16.0. The van der Waals surface area contributed by atoms with Gasteiger partial charge in [-0.1, -0.05) is 23.8 Å². The maximum absolute atomic E-state index is 14.3. The van der Waals surface area contributed by atoms with E-state index < -0.39 is 22.6 Å². The van der Waals surface area contributed by atoms with Crippen molar-refractivity contribution in [3.63, 3.8) is 0 Å². The van der Waals surface area contributed by atoms with Crippen LogP contribution < -0.4 is 5.32 Å². The highest BCUT2D eigenvalue weighted by molar-refractivity contribution is 6.31. The predicted octanol–water partition coefficient (Wildman–Crippen LogP) is 5.35. The number of hydrogen-bond donors (Lipinski definition) is 1. The van der Waals surface area contributed by atoms with Crippen LogP contribution in [-0.4, -0.2) is 4.92 Å². The highest BCUT2D eigenvalue weighted by Gasteiger charge is 2.40. The molecule has 0 radical (unpaired) electrons. The Morgan fingerprint density at radius 3 is 2.76 bits per heavy atom. The molecule has 0 saturated heterocycles. The van der Waals surface area contributed by atoms with E-state index in [0.29, 0.717) is 22.6 Å². The molecule has 2 aromatic carbocycles. The van der Waals surface area contributed by atoms with E-state index in [1.54, 1.807) is 0 Å². The smallest absolute Gasteiger partial charge is 0.269 e. The summed E-state index contributed by atoms with van der Waals surface area (Å²) in [5, 5.41) is 14.6. The van der Waals surface area contributed by atoms with Gasteiger partial charge in [0, 0.05) is 34.7 Å². The summed E-state index contributed by atoms with van der Waals surface area (Å²) in [6, 6.07) is 6.00. The van der Waals surface area contributed by atoms with Crippen molar-refractivity contribution < 1.29 is 13.7 Å². The van der Waals surface area contributed by atoms with Crippen molar-refractivity contribution in [1.29, 1.82) is 0 Å². The molecule has 0 saturated carbocycles. The monoisotopic (exact) mass is 362 g/mol. The summed E-state index contributed by atoms with van der Waals surface area (Å²) < 4.78 is 28.0. The van der Waals surface area contributed by atoms with Gasteiger partial charge >= 0.3 is 0 Å². The molecule has 1 aliphatic carbocycles. The van der Waals surface area contributed by atoms with Crippen molar-refractivity contribution in [2.75, 3.05) is 5.32 Å². The van der Waals surface area contributed by atoms with Crippen LogP contribution in [0.2, 0.25) is 5.02 Å². The summed E-state index contributed by atoms with van der Waals surface area (Å²) in [7, 11) is 0. The fraction of sp³-hybridized carbons (Fsp3) is 0.222. The number of non-ortho nitro benzene ring substituents is 1. The Labute approximate surface area is 147 Å². The number of anilines is 1. The van der Waals surface area contributed by atoms with Crippen LogP contribution in [0.5, 0.6) is 0 Å². The van der Waals surface area contributed by atoms with Crippen LogP contribution in [0, 0.1) is 27.7 Å². The molecule has 0 fully saturated rings. The van der Waals surface area contributed by atoms with Crippen molar-refractivity contribution in [2.45, 2.75) is 18.4 Å². The number of fused-ring (bicyclic) bond motifs is 3. The maximum atomic E-state index is 14.3. The number of nitrogens with zero attached hydrogens (tertiary/aromatic N) is 1. The third-order valence-corrected chi connectivity index (χ3v) is 5.26. The Bertz CT molecular complexity index is 916. The van der Waals surface area contributed by atoms with Crippen molar-refractivity contribution in [2.24, 2.45) is 5.92 Å². The van der Waals surface area contributed by atoms with E-state index in [9.17, 15) is 18.9 Å². The molecule has 0 spiro atoms. The van der Waals surface area contributed by atoms with E-state index in [1.807, 2.05) is 12.2 Å². The summed E-state index contributed by atoms with van der Waals surface area (Å²) in [4.78, 5) is 10.6. The van der Waals surface area contributed by atoms with Crippen LogP contribution in [0.3, 0.4) is 0 Å². The lowest BCUT2D eigenvalue weighted by molar-refractivity contribution is -0.384. The molecular formula is C18H13ClF2N2O2. The fourth-order valence-corrected chi connectivity index (χ4v) is 4.05. The number of benzene rings is 2. The topological polar surface area (TPSA) is 55.2 Å². The second-order valence-electron chi connectivity index (χ2n) is 6.29. The van der Waals surface area contributed by atoms with Gasteiger partial charge in [-0.3, -0.25) is 10.1 Å². The molecule has 0 aromatic heterocycles. The zero-order chi connectivity index (χ0) is 17.7. The quantitative estimate of drug-likeness (QED) is 0.445. The van der Waals surface area contributed by atoms with Crippen molar-refractivity contribution in [1.82, 2.24) is 0 Å². The molecule has 7 heteroatoms. The Morgan fingerprint density at radius 1 is 1.20 bits per heavy atom. The molecule has 1 heterocycles. The van der Waals surface area contributed by atoms with E-state index in [4.69, 9.17) is 11.6 Å². The van der Waals surface area contributed by atoms with Gasteiger partial charge in [0.25, 0.3) is 5.69 Å². The molecule has 3 atom stereocenters. The zero-order valence-corrected chi connectivity index (χ0v) is 13.6. The molecule has 25 heavy (non-hydrogen) atoms. The van der Waals surface area contributed by atoms with E-state index in [0.717, 1.165) is 6.07 Å². The summed E-state index contributed by atoms with van der Waals surface area (Å²) in [6.45, 7) is 0. The number of halogens is 3. The van der Waals surface area contributed by atoms with Gasteiger partial charge in [-0.2, -0.15) is 0 Å². The number of rotatable bonds is 2. The van der Waals surface area contributed by atoms with E-state index in [-0.39, 0.29) is 23.2 Å². The van der Waals surface area contributed by atoms with Gasteiger partial charge in [0.1, 0.15) is 11.6 Å². The Hall–Kier alpha value is -2.47. The standard InChI is InChI=1S/C18H13ClF2N2O2/c19-15-5-4-10(23(24)25)8-14(15)17-12-3-1-2-11(12)13-6-9(20)7-16(21)18(13)22-17/h1-2,4-8,11-12,17,22H,3H2/t11-,12-,17-/m1/s1. The molecular weight excluding hydrogens is 350 g/mol. The fourth-order valence-electron chi connectivity index (χ4n) is 3.81. The lowest BCUT2D eigenvalue weighted by Crippen LogP contribution is -2.30. The predicted molar refractivity (Wildman–Crippen MR) is 90.8 cm³/mol. The van der Waals surface area contributed by atoms with Gasteiger partial charge in [0.05, 0.1) is 16.7 Å². The second-order valence-corrected chi connectivity index (χ2v) is 6.70. The summed E-state index contributed by atoms with van der Waals surface area (Å²) in [6.07, 6.45) is 4.59. The van der Waals surface area contributed by atoms with E-state index in [1.165, 1.54) is 24.3 Å². The van der Waals surface area contributed by atoms with Gasteiger partial charge in [-0.25, -0.2) is 8.78 Å². The van der Waals surface area contributed by atoms with Crippen LogP contribution >= 0.6 is 11.6 Å². The Morgan fingerprint density at radius 2 is 2.00 bits per heavy atom. The van der Waals surface area contributed by atoms with Crippen molar-refractivity contribution in [3.05, 3.63) is 80.4 Å².